The van der Waals surface area contributed by atoms with Crippen molar-refractivity contribution >= 4 is 5.57 Å². The number of ether oxygens (including phenoxy) is 1. The Morgan fingerprint density at radius 1 is 1.10 bits per heavy atom. The largest absolute Gasteiger partial charge is 0.495 e. The third-order valence-corrected chi connectivity index (χ3v) is 6.06. The van der Waals surface area contributed by atoms with E-state index in [2.05, 4.69) is 85.6 Å². The van der Waals surface area contributed by atoms with E-state index in [1.54, 1.807) is 13.0 Å². The number of rotatable bonds is 5. The lowest BCUT2D eigenvalue weighted by molar-refractivity contribution is 0.0836. The molecule has 0 radical (unpaired) electrons. The fraction of sp³-hybridized carbons (Fsp3) is 0.333. The van der Waals surface area contributed by atoms with Gasteiger partial charge < -0.3 is 14.7 Å². The van der Waals surface area contributed by atoms with Crippen LogP contribution in [0.4, 0.5) is 0 Å². The number of aryl methyl sites for hydroxylation is 1. The van der Waals surface area contributed by atoms with Crippen molar-refractivity contribution in [3.63, 3.8) is 0 Å². The quantitative estimate of drug-likeness (QED) is 0.649. The summed E-state index contributed by atoms with van der Waals surface area (Å²) in [7, 11) is 0. The maximum Gasteiger partial charge on any atom is 0.104 e. The second-order valence-corrected chi connectivity index (χ2v) is 8.52. The van der Waals surface area contributed by atoms with Crippen molar-refractivity contribution in [3.8, 4) is 0 Å². The summed E-state index contributed by atoms with van der Waals surface area (Å²) in [5.41, 5.74) is 6.50. The van der Waals surface area contributed by atoms with E-state index in [1.807, 2.05) is 6.92 Å². The van der Waals surface area contributed by atoms with Crippen LogP contribution in [-0.2, 0) is 4.74 Å². The minimum Gasteiger partial charge on any atom is -0.495 e. The summed E-state index contributed by atoms with van der Waals surface area (Å²) in [5, 5.41) is 9.61. The molecule has 3 nitrogen and oxygen atoms in total. The van der Waals surface area contributed by atoms with Crippen LogP contribution in [-0.4, -0.2) is 28.8 Å². The van der Waals surface area contributed by atoms with Crippen molar-refractivity contribution in [2.24, 2.45) is 0 Å². The second-order valence-electron chi connectivity index (χ2n) is 8.52. The molecule has 2 aliphatic rings. The van der Waals surface area contributed by atoms with E-state index in [1.165, 1.54) is 27.8 Å². The van der Waals surface area contributed by atoms with E-state index in [4.69, 9.17) is 4.74 Å². The van der Waals surface area contributed by atoms with Crippen molar-refractivity contribution in [1.82, 2.24) is 4.90 Å². The van der Waals surface area contributed by atoms with E-state index >= 15 is 0 Å². The highest BCUT2D eigenvalue weighted by Crippen LogP contribution is 2.42. The van der Waals surface area contributed by atoms with Crippen LogP contribution in [0.2, 0.25) is 0 Å². The Kier molecular flexibility index (Phi) is 5.83. The highest BCUT2D eigenvalue weighted by Gasteiger charge is 2.35. The van der Waals surface area contributed by atoms with Gasteiger partial charge in [-0.2, -0.15) is 0 Å². The zero-order valence-corrected chi connectivity index (χ0v) is 18.2. The SMILES string of the molecule is C/C(=C/C(C)O)O[C@@H](C)C1CN2C=CC(c3ccc(C)cc3)=CC2c2ccccc21. The smallest absolute Gasteiger partial charge is 0.104 e. The van der Waals surface area contributed by atoms with Gasteiger partial charge in [0.1, 0.15) is 6.10 Å². The van der Waals surface area contributed by atoms with Gasteiger partial charge in [0.15, 0.2) is 0 Å². The van der Waals surface area contributed by atoms with Gasteiger partial charge in [-0.15, -0.1) is 0 Å². The molecule has 2 heterocycles. The summed E-state index contributed by atoms with van der Waals surface area (Å²) in [6.45, 7) is 8.81. The van der Waals surface area contributed by atoms with Crippen molar-refractivity contribution in [1.29, 1.82) is 0 Å². The Labute approximate surface area is 180 Å². The van der Waals surface area contributed by atoms with Gasteiger partial charge in [-0.1, -0.05) is 54.1 Å². The van der Waals surface area contributed by atoms with Crippen LogP contribution in [0.25, 0.3) is 5.57 Å². The number of hydrogen-bond acceptors (Lipinski definition) is 3. The molecule has 0 amide bonds. The fourth-order valence-corrected chi connectivity index (χ4v) is 4.57. The number of nitrogens with zero attached hydrogens (tertiary/aromatic N) is 1. The van der Waals surface area contributed by atoms with Gasteiger partial charge in [-0.05, 0) is 68.2 Å². The molecule has 0 saturated carbocycles. The monoisotopic (exact) mass is 401 g/mol. The average molecular weight is 402 g/mol. The van der Waals surface area contributed by atoms with Crippen LogP contribution in [0.15, 0.2) is 78.7 Å². The molecule has 4 atom stereocenters. The molecular formula is C27H31NO2. The molecule has 2 aromatic rings. The zero-order chi connectivity index (χ0) is 21.3. The molecule has 30 heavy (non-hydrogen) atoms. The minimum absolute atomic E-state index is 0.0120. The van der Waals surface area contributed by atoms with Crippen LogP contribution < -0.4 is 0 Å². The molecule has 4 rings (SSSR count). The Morgan fingerprint density at radius 2 is 1.80 bits per heavy atom. The maximum absolute atomic E-state index is 9.61. The number of aliphatic hydroxyl groups excluding tert-OH is 1. The molecule has 3 unspecified atom stereocenters. The van der Waals surface area contributed by atoms with Gasteiger partial charge in [0.2, 0.25) is 0 Å². The van der Waals surface area contributed by atoms with E-state index in [9.17, 15) is 5.11 Å². The first kappa shape index (κ1) is 20.5. The first-order chi connectivity index (χ1) is 14.4. The number of aliphatic hydroxyl groups is 1. The van der Waals surface area contributed by atoms with E-state index in [0.717, 1.165) is 12.3 Å². The van der Waals surface area contributed by atoms with Gasteiger partial charge in [0.05, 0.1) is 17.9 Å². The molecule has 2 aliphatic heterocycles. The third-order valence-electron chi connectivity index (χ3n) is 6.06. The lowest BCUT2D eigenvalue weighted by atomic mass is 9.81. The van der Waals surface area contributed by atoms with Gasteiger partial charge in [0.25, 0.3) is 0 Å². The molecule has 1 N–H and O–H groups in total. The van der Waals surface area contributed by atoms with Crippen LogP contribution in [0.5, 0.6) is 0 Å². The van der Waals surface area contributed by atoms with Gasteiger partial charge in [-0.3, -0.25) is 0 Å². The van der Waals surface area contributed by atoms with Crippen LogP contribution in [0.1, 0.15) is 55.0 Å². The average Bonchev–Trinajstić information content (AvgIpc) is 2.72. The first-order valence-corrected chi connectivity index (χ1v) is 10.8. The Hall–Kier alpha value is -2.78. The summed E-state index contributed by atoms with van der Waals surface area (Å²) in [6, 6.07) is 17.7. The van der Waals surface area contributed by atoms with Crippen molar-refractivity contribution in [2.75, 3.05) is 6.54 Å². The van der Waals surface area contributed by atoms with Crippen molar-refractivity contribution < 1.29 is 9.84 Å². The summed E-state index contributed by atoms with van der Waals surface area (Å²) in [4.78, 5) is 2.41. The van der Waals surface area contributed by atoms with E-state index in [0.29, 0.717) is 0 Å². The van der Waals surface area contributed by atoms with E-state index in [-0.39, 0.29) is 18.1 Å². The molecular weight excluding hydrogens is 370 g/mol. The second kappa shape index (κ2) is 8.53. The Bertz CT molecular complexity index is 984. The van der Waals surface area contributed by atoms with Crippen LogP contribution >= 0.6 is 0 Å². The standard InChI is InChI=1S/C27H31NO2/c1-18-9-11-22(12-10-18)23-13-14-28-17-26(21(4)30-20(3)15-19(2)29)24-7-5-6-8-25(24)27(28)16-23/h5-16,19,21,26-27,29H,17H2,1-4H3/b20-15-/t19?,21-,26?,27?/m0/s1. The van der Waals surface area contributed by atoms with Crippen molar-refractivity contribution in [2.45, 2.75) is 51.9 Å². The van der Waals surface area contributed by atoms with Gasteiger partial charge >= 0.3 is 0 Å². The Morgan fingerprint density at radius 3 is 2.50 bits per heavy atom. The predicted octanol–water partition coefficient (Wildman–Crippen LogP) is 5.74. The van der Waals surface area contributed by atoms with Crippen LogP contribution in [0.3, 0.4) is 0 Å². The molecule has 2 aromatic carbocycles. The first-order valence-electron chi connectivity index (χ1n) is 10.8. The normalized spacial score (nSPS) is 22.6. The topological polar surface area (TPSA) is 32.7 Å². The lowest BCUT2D eigenvalue weighted by Gasteiger charge is -2.43. The minimum atomic E-state index is -0.504. The summed E-state index contributed by atoms with van der Waals surface area (Å²) >= 11 is 0. The third kappa shape index (κ3) is 4.22. The van der Waals surface area contributed by atoms with Gasteiger partial charge in [0, 0.05) is 18.7 Å². The molecule has 0 bridgehead atoms. The van der Waals surface area contributed by atoms with Crippen LogP contribution in [0, 0.1) is 6.92 Å². The molecule has 0 spiro atoms. The fourth-order valence-electron chi connectivity index (χ4n) is 4.57. The maximum atomic E-state index is 9.61. The Balaban J connectivity index is 1.64. The van der Waals surface area contributed by atoms with Gasteiger partial charge in [-0.25, -0.2) is 0 Å². The summed E-state index contributed by atoms with van der Waals surface area (Å²) < 4.78 is 6.17. The van der Waals surface area contributed by atoms with E-state index < -0.39 is 6.10 Å². The number of benzene rings is 2. The molecule has 0 aliphatic carbocycles. The summed E-state index contributed by atoms with van der Waals surface area (Å²) in [5.74, 6) is 1.03. The van der Waals surface area contributed by atoms with Crippen molar-refractivity contribution in [3.05, 3.63) is 101 Å². The molecule has 0 fully saturated rings. The molecule has 156 valence electrons. The number of hydrogen-bond donors (Lipinski definition) is 1. The predicted molar refractivity (Wildman–Crippen MR) is 123 cm³/mol. The highest BCUT2D eigenvalue weighted by atomic mass is 16.5. The highest BCUT2D eigenvalue weighted by molar-refractivity contribution is 5.76. The zero-order valence-electron chi connectivity index (χ0n) is 18.2. The summed E-state index contributed by atoms with van der Waals surface area (Å²) in [6.07, 6.45) is 8.09. The number of fused-ring (bicyclic) bond motifs is 3. The molecule has 0 saturated heterocycles. The lowest BCUT2D eigenvalue weighted by Crippen LogP contribution is -2.39. The molecule has 0 aromatic heterocycles. The number of allylic oxidation sites excluding steroid dienone is 3. The molecule has 3 heteroatoms.